The summed E-state index contributed by atoms with van der Waals surface area (Å²) in [6, 6.07) is 1.96. The highest BCUT2D eigenvalue weighted by molar-refractivity contribution is 6.00. The van der Waals surface area contributed by atoms with E-state index in [9.17, 15) is 14.0 Å². The van der Waals surface area contributed by atoms with E-state index in [4.69, 9.17) is 10.8 Å². The number of unbranched alkanes of at least 4 members (excludes halogenated alkanes) is 2. The van der Waals surface area contributed by atoms with Gasteiger partial charge >= 0.3 is 5.97 Å². The van der Waals surface area contributed by atoms with Gasteiger partial charge in [-0.1, -0.05) is 19.8 Å². The third-order valence-corrected chi connectivity index (χ3v) is 2.70. The molecule has 0 aliphatic rings. The van der Waals surface area contributed by atoms with Crippen molar-refractivity contribution in [1.29, 1.82) is 0 Å². The predicted octanol–water partition coefficient (Wildman–Crippen LogP) is 2.22. The molecule has 104 valence electrons. The first-order valence-electron chi connectivity index (χ1n) is 6.07. The minimum Gasteiger partial charge on any atom is -0.478 e. The number of hydrogen-bond acceptors (Lipinski definition) is 3. The molecule has 5 nitrogen and oxygen atoms in total. The average molecular weight is 268 g/mol. The lowest BCUT2D eigenvalue weighted by Gasteiger charge is -2.11. The van der Waals surface area contributed by atoms with Crippen LogP contribution in [0.5, 0.6) is 0 Å². The first-order valence-corrected chi connectivity index (χ1v) is 6.07. The van der Waals surface area contributed by atoms with Gasteiger partial charge in [0.2, 0.25) is 0 Å². The summed E-state index contributed by atoms with van der Waals surface area (Å²) in [5.74, 6) is -3.15. The molecule has 1 amide bonds. The van der Waals surface area contributed by atoms with Crippen LogP contribution in [0.2, 0.25) is 0 Å². The number of nitrogens with one attached hydrogen (secondary N) is 1. The Hall–Kier alpha value is -2.11. The molecular weight excluding hydrogens is 251 g/mol. The maximum Gasteiger partial charge on any atom is 0.338 e. The summed E-state index contributed by atoms with van der Waals surface area (Å²) in [6.07, 6.45) is 2.91. The highest BCUT2D eigenvalue weighted by atomic mass is 19.1. The van der Waals surface area contributed by atoms with Gasteiger partial charge in [0.1, 0.15) is 5.82 Å². The van der Waals surface area contributed by atoms with Crippen molar-refractivity contribution in [2.75, 3.05) is 11.9 Å². The lowest BCUT2D eigenvalue weighted by atomic mass is 10.1. The summed E-state index contributed by atoms with van der Waals surface area (Å²) < 4.78 is 13.5. The van der Waals surface area contributed by atoms with E-state index in [1.165, 1.54) is 0 Å². The number of hydrogen-bond donors (Lipinski definition) is 3. The van der Waals surface area contributed by atoms with Gasteiger partial charge in [0.05, 0.1) is 11.1 Å². The molecule has 0 fully saturated rings. The van der Waals surface area contributed by atoms with Gasteiger partial charge in [-0.2, -0.15) is 0 Å². The third kappa shape index (κ3) is 3.94. The number of anilines is 1. The molecule has 0 aliphatic carbocycles. The zero-order valence-electron chi connectivity index (χ0n) is 10.7. The van der Waals surface area contributed by atoms with Crippen LogP contribution in [0.15, 0.2) is 12.1 Å². The summed E-state index contributed by atoms with van der Waals surface area (Å²) in [5, 5.41) is 11.8. The second kappa shape index (κ2) is 6.72. The Kier molecular flexibility index (Phi) is 5.29. The molecule has 0 bridgehead atoms. The molecule has 0 radical (unpaired) electrons. The van der Waals surface area contributed by atoms with Gasteiger partial charge < -0.3 is 16.2 Å². The number of amides is 1. The fraction of sp³-hybridized carbons (Fsp3) is 0.385. The number of halogens is 1. The fourth-order valence-corrected chi connectivity index (χ4v) is 1.69. The second-order valence-electron chi connectivity index (χ2n) is 4.18. The van der Waals surface area contributed by atoms with Crippen molar-refractivity contribution in [2.24, 2.45) is 5.73 Å². The van der Waals surface area contributed by atoms with Gasteiger partial charge in [0.15, 0.2) is 0 Å². The smallest absolute Gasteiger partial charge is 0.338 e. The van der Waals surface area contributed by atoms with Gasteiger partial charge in [-0.05, 0) is 18.6 Å². The van der Waals surface area contributed by atoms with Gasteiger partial charge in [-0.25, -0.2) is 9.18 Å². The summed E-state index contributed by atoms with van der Waals surface area (Å²) in [4.78, 5) is 22.1. The number of carbonyl (C=O) groups is 2. The van der Waals surface area contributed by atoms with Crippen molar-refractivity contribution in [3.8, 4) is 0 Å². The number of rotatable bonds is 7. The Morgan fingerprint density at radius 2 is 2.00 bits per heavy atom. The molecule has 1 rings (SSSR count). The van der Waals surface area contributed by atoms with Crippen LogP contribution in [-0.2, 0) is 0 Å². The minimum absolute atomic E-state index is 0.0426. The Labute approximate surface area is 110 Å². The monoisotopic (exact) mass is 268 g/mol. The molecule has 0 heterocycles. The van der Waals surface area contributed by atoms with Crippen LogP contribution >= 0.6 is 0 Å². The molecule has 6 heteroatoms. The van der Waals surface area contributed by atoms with Crippen LogP contribution in [0.1, 0.15) is 46.9 Å². The first-order chi connectivity index (χ1) is 8.97. The molecule has 0 saturated carbocycles. The Bertz CT molecular complexity index is 489. The molecule has 0 spiro atoms. The van der Waals surface area contributed by atoms with E-state index in [2.05, 4.69) is 12.2 Å². The average Bonchev–Trinajstić information content (AvgIpc) is 2.35. The van der Waals surface area contributed by atoms with Crippen LogP contribution in [0.25, 0.3) is 0 Å². The lowest BCUT2D eigenvalue weighted by molar-refractivity contribution is 0.0691. The molecule has 1 aromatic rings. The Morgan fingerprint density at radius 1 is 1.32 bits per heavy atom. The molecule has 0 aliphatic heterocycles. The zero-order chi connectivity index (χ0) is 14.4. The second-order valence-corrected chi connectivity index (χ2v) is 4.18. The van der Waals surface area contributed by atoms with Crippen molar-refractivity contribution >= 4 is 17.6 Å². The first kappa shape index (κ1) is 14.9. The number of primary amides is 1. The van der Waals surface area contributed by atoms with E-state index in [0.29, 0.717) is 6.54 Å². The third-order valence-electron chi connectivity index (χ3n) is 2.70. The standard InChI is InChI=1S/C13H17FN2O3/c1-2-3-4-5-16-11-7-8(13(18)19)10(14)6-9(11)12(15)17/h6-7,16H,2-5H2,1H3,(H2,15,17)(H,18,19). The Balaban J connectivity index is 3.01. The summed E-state index contributed by atoms with van der Waals surface area (Å²) in [6.45, 7) is 2.62. The maximum atomic E-state index is 13.5. The highest BCUT2D eigenvalue weighted by Gasteiger charge is 2.17. The van der Waals surface area contributed by atoms with Crippen molar-refractivity contribution in [1.82, 2.24) is 0 Å². The molecule has 0 saturated heterocycles. The predicted molar refractivity (Wildman–Crippen MR) is 69.9 cm³/mol. The quantitative estimate of drug-likeness (QED) is 0.661. The van der Waals surface area contributed by atoms with Gasteiger partial charge in [-0.15, -0.1) is 0 Å². The number of benzene rings is 1. The normalized spacial score (nSPS) is 10.2. The van der Waals surface area contributed by atoms with Gasteiger partial charge in [-0.3, -0.25) is 4.79 Å². The zero-order valence-corrected chi connectivity index (χ0v) is 10.7. The van der Waals surface area contributed by atoms with E-state index in [1.807, 2.05) is 0 Å². The van der Waals surface area contributed by atoms with Gasteiger partial charge in [0.25, 0.3) is 5.91 Å². The van der Waals surface area contributed by atoms with Crippen LogP contribution in [0, 0.1) is 5.82 Å². The molecule has 4 N–H and O–H groups in total. The molecule has 0 unspecified atom stereocenters. The fourth-order valence-electron chi connectivity index (χ4n) is 1.69. The number of carboxylic acids is 1. The summed E-state index contributed by atoms with van der Waals surface area (Å²) in [7, 11) is 0. The van der Waals surface area contributed by atoms with Crippen LogP contribution in [0.3, 0.4) is 0 Å². The Morgan fingerprint density at radius 3 is 2.53 bits per heavy atom. The van der Waals surface area contributed by atoms with Crippen molar-refractivity contribution in [3.05, 3.63) is 29.1 Å². The van der Waals surface area contributed by atoms with Crippen LogP contribution < -0.4 is 11.1 Å². The minimum atomic E-state index is -1.38. The molecule has 1 aromatic carbocycles. The van der Waals surface area contributed by atoms with Crippen LogP contribution in [0.4, 0.5) is 10.1 Å². The van der Waals surface area contributed by atoms with E-state index >= 15 is 0 Å². The van der Waals surface area contributed by atoms with Crippen molar-refractivity contribution in [2.45, 2.75) is 26.2 Å². The topological polar surface area (TPSA) is 92.4 Å². The number of carbonyl (C=O) groups excluding carboxylic acids is 1. The van der Waals surface area contributed by atoms with E-state index in [0.717, 1.165) is 31.4 Å². The number of carboxylic acid groups (broad SMARTS) is 1. The summed E-state index contributed by atoms with van der Waals surface area (Å²) >= 11 is 0. The van der Waals surface area contributed by atoms with Crippen LogP contribution in [-0.4, -0.2) is 23.5 Å². The van der Waals surface area contributed by atoms with E-state index < -0.39 is 23.3 Å². The number of aromatic carboxylic acids is 1. The van der Waals surface area contributed by atoms with Crippen molar-refractivity contribution in [3.63, 3.8) is 0 Å². The van der Waals surface area contributed by atoms with Crippen molar-refractivity contribution < 1.29 is 19.1 Å². The molecule has 0 atom stereocenters. The number of nitrogens with two attached hydrogens (primary N) is 1. The SMILES string of the molecule is CCCCCNc1cc(C(=O)O)c(F)cc1C(N)=O. The molecule has 19 heavy (non-hydrogen) atoms. The molecular formula is C13H17FN2O3. The van der Waals surface area contributed by atoms with Gasteiger partial charge in [0, 0.05) is 12.2 Å². The van der Waals surface area contributed by atoms with E-state index in [1.54, 1.807) is 0 Å². The lowest BCUT2D eigenvalue weighted by Crippen LogP contribution is -2.17. The summed E-state index contributed by atoms with van der Waals surface area (Å²) in [5.41, 5.74) is 4.87. The van der Waals surface area contributed by atoms with E-state index in [-0.39, 0.29) is 11.3 Å². The maximum absolute atomic E-state index is 13.5. The molecule has 0 aromatic heterocycles. The largest absolute Gasteiger partial charge is 0.478 e. The highest BCUT2D eigenvalue weighted by Crippen LogP contribution is 2.21.